The highest BCUT2D eigenvalue weighted by Crippen LogP contribution is 2.12. The van der Waals surface area contributed by atoms with Crippen molar-refractivity contribution in [1.29, 1.82) is 0 Å². The number of hydrogen-bond acceptors (Lipinski definition) is 0. The zero-order valence-electron chi connectivity index (χ0n) is 11.2. The van der Waals surface area contributed by atoms with Gasteiger partial charge in [0.1, 0.15) is 0 Å². The van der Waals surface area contributed by atoms with E-state index in [0.29, 0.717) is 0 Å². The first-order chi connectivity index (χ1) is 7.91. The van der Waals surface area contributed by atoms with Gasteiger partial charge >= 0.3 is 0 Å². The molecule has 0 aromatic carbocycles. The van der Waals surface area contributed by atoms with Crippen LogP contribution in [0, 0.1) is 6.42 Å². The lowest BCUT2D eigenvalue weighted by atomic mass is 10.0. The minimum Gasteiger partial charge on any atom is -0.236 e. The average Bonchev–Trinajstić information content (AvgIpc) is 2.31. The Balaban J connectivity index is 2.83. The van der Waals surface area contributed by atoms with E-state index in [1.807, 2.05) is 6.42 Å². The van der Waals surface area contributed by atoms with Crippen LogP contribution in [0.15, 0.2) is 0 Å². The van der Waals surface area contributed by atoms with Crippen molar-refractivity contribution < 1.29 is 5.11 Å². The fourth-order valence-electron chi connectivity index (χ4n) is 2.04. The molecule has 1 nitrogen and oxygen atoms in total. The lowest BCUT2D eigenvalue weighted by Gasteiger charge is -2.02. The van der Waals surface area contributed by atoms with E-state index in [9.17, 15) is 5.11 Å². The molecule has 0 heterocycles. The summed E-state index contributed by atoms with van der Waals surface area (Å²) in [6.45, 7) is 2.27. The molecule has 2 radical (unpaired) electrons. The second-order valence-corrected chi connectivity index (χ2v) is 4.78. The number of hydrogen-bond donors (Lipinski definition) is 0. The monoisotopic (exact) mass is 226 g/mol. The smallest absolute Gasteiger partial charge is 0.0854 e. The summed E-state index contributed by atoms with van der Waals surface area (Å²) < 4.78 is 0. The maximum absolute atomic E-state index is 10.2. The quantitative estimate of drug-likeness (QED) is 0.379. The van der Waals surface area contributed by atoms with Gasteiger partial charge in [-0.25, -0.2) is 5.11 Å². The van der Waals surface area contributed by atoms with Gasteiger partial charge in [0.05, 0.1) is 6.61 Å². The van der Waals surface area contributed by atoms with Crippen molar-refractivity contribution in [1.82, 2.24) is 0 Å². The molecule has 0 rings (SSSR count). The van der Waals surface area contributed by atoms with Gasteiger partial charge in [0, 0.05) is 0 Å². The van der Waals surface area contributed by atoms with E-state index in [1.54, 1.807) is 0 Å². The Morgan fingerprint density at radius 1 is 0.688 bits per heavy atom. The largest absolute Gasteiger partial charge is 0.236 e. The van der Waals surface area contributed by atoms with Crippen molar-refractivity contribution in [3.63, 3.8) is 0 Å². The highest BCUT2D eigenvalue weighted by molar-refractivity contribution is 4.61. The maximum atomic E-state index is 10.2. The van der Waals surface area contributed by atoms with E-state index in [4.69, 9.17) is 0 Å². The van der Waals surface area contributed by atoms with Gasteiger partial charge in [-0.3, -0.25) is 0 Å². The van der Waals surface area contributed by atoms with Gasteiger partial charge in [0.25, 0.3) is 0 Å². The van der Waals surface area contributed by atoms with Crippen LogP contribution in [0.25, 0.3) is 0 Å². The standard InChI is InChI=1S/C15H30O/c1-2-3-4-5-6-7-8-9-10-11-12-13-14-15-16/h14H,2-13,15H2,1H3. The molecule has 0 aliphatic carbocycles. The molecule has 0 aliphatic rings. The first-order valence-electron chi connectivity index (χ1n) is 7.31. The molecule has 96 valence electrons. The van der Waals surface area contributed by atoms with Crippen LogP contribution in [0.4, 0.5) is 0 Å². The molecule has 0 aromatic heterocycles. The molecule has 0 N–H and O–H groups in total. The molecule has 1 heteroatoms. The van der Waals surface area contributed by atoms with Gasteiger partial charge in [-0.15, -0.1) is 0 Å². The number of rotatable bonds is 13. The van der Waals surface area contributed by atoms with Gasteiger partial charge in [-0.1, -0.05) is 77.6 Å². The fraction of sp³-hybridized carbons (Fsp3) is 0.933. The van der Waals surface area contributed by atoms with Crippen molar-refractivity contribution in [2.24, 2.45) is 0 Å². The Bertz CT molecular complexity index is 98.0. The van der Waals surface area contributed by atoms with Crippen LogP contribution in [-0.2, 0) is 5.11 Å². The predicted molar refractivity (Wildman–Crippen MR) is 70.9 cm³/mol. The third kappa shape index (κ3) is 14.0. The van der Waals surface area contributed by atoms with Gasteiger partial charge in [-0.05, 0) is 12.8 Å². The summed E-state index contributed by atoms with van der Waals surface area (Å²) in [4.78, 5) is 0. The molecule has 0 fully saturated rings. The molecule has 0 amide bonds. The Kier molecular flexibility index (Phi) is 14.9. The minimum atomic E-state index is -0.00222. The van der Waals surface area contributed by atoms with Crippen LogP contribution < -0.4 is 0 Å². The summed E-state index contributed by atoms with van der Waals surface area (Å²) in [6.07, 6.45) is 18.1. The summed E-state index contributed by atoms with van der Waals surface area (Å²) >= 11 is 0. The Morgan fingerprint density at radius 2 is 1.12 bits per heavy atom. The first-order valence-corrected chi connectivity index (χ1v) is 7.31. The Hall–Kier alpha value is -0.0400. The second-order valence-electron chi connectivity index (χ2n) is 4.78. The van der Waals surface area contributed by atoms with Gasteiger partial charge in [0.2, 0.25) is 0 Å². The Labute approximate surface area is 103 Å². The van der Waals surface area contributed by atoms with Crippen LogP contribution in [0.1, 0.15) is 84.0 Å². The molecule has 0 spiro atoms. The summed E-state index contributed by atoms with van der Waals surface area (Å²) in [6, 6.07) is 0. The molecule has 0 atom stereocenters. The molecule has 0 saturated carbocycles. The van der Waals surface area contributed by atoms with Crippen molar-refractivity contribution in [2.45, 2.75) is 84.0 Å². The highest BCUT2D eigenvalue weighted by Gasteiger charge is 1.93. The zero-order valence-corrected chi connectivity index (χ0v) is 11.2. The summed E-state index contributed by atoms with van der Waals surface area (Å²) in [5, 5.41) is 10.2. The van der Waals surface area contributed by atoms with E-state index in [-0.39, 0.29) is 6.61 Å². The average molecular weight is 226 g/mol. The van der Waals surface area contributed by atoms with E-state index in [2.05, 4.69) is 6.92 Å². The van der Waals surface area contributed by atoms with Crippen molar-refractivity contribution in [3.05, 3.63) is 6.42 Å². The minimum absolute atomic E-state index is 0.00222. The van der Waals surface area contributed by atoms with E-state index in [1.165, 1.54) is 70.6 Å². The molecular formula is C15H30O. The van der Waals surface area contributed by atoms with Crippen LogP contribution in [-0.4, -0.2) is 6.61 Å². The molecule has 0 unspecified atom stereocenters. The fourth-order valence-corrected chi connectivity index (χ4v) is 2.04. The van der Waals surface area contributed by atoms with Crippen LogP contribution in [0.5, 0.6) is 0 Å². The lowest BCUT2D eigenvalue weighted by Crippen LogP contribution is -1.84. The van der Waals surface area contributed by atoms with Crippen molar-refractivity contribution >= 4 is 0 Å². The topological polar surface area (TPSA) is 19.9 Å². The third-order valence-electron chi connectivity index (χ3n) is 3.13. The normalized spacial score (nSPS) is 10.9. The van der Waals surface area contributed by atoms with Crippen LogP contribution in [0.3, 0.4) is 0 Å². The molecule has 0 aromatic rings. The zero-order chi connectivity index (χ0) is 11.9. The van der Waals surface area contributed by atoms with E-state index in [0.717, 1.165) is 6.42 Å². The Morgan fingerprint density at radius 3 is 1.56 bits per heavy atom. The first kappa shape index (κ1) is 16.0. The molecular weight excluding hydrogens is 196 g/mol. The lowest BCUT2D eigenvalue weighted by molar-refractivity contribution is 0.217. The van der Waals surface area contributed by atoms with Gasteiger partial charge in [-0.2, -0.15) is 0 Å². The highest BCUT2D eigenvalue weighted by atomic mass is 16.2. The van der Waals surface area contributed by atoms with E-state index < -0.39 is 0 Å². The second kappa shape index (κ2) is 15.0. The van der Waals surface area contributed by atoms with Crippen LogP contribution in [0.2, 0.25) is 0 Å². The summed E-state index contributed by atoms with van der Waals surface area (Å²) in [7, 11) is 0. The molecule has 0 saturated heterocycles. The van der Waals surface area contributed by atoms with Crippen molar-refractivity contribution in [2.75, 3.05) is 6.61 Å². The van der Waals surface area contributed by atoms with Crippen LogP contribution >= 0.6 is 0 Å². The van der Waals surface area contributed by atoms with Gasteiger partial charge < -0.3 is 0 Å². The summed E-state index contributed by atoms with van der Waals surface area (Å²) in [5.74, 6) is 0. The van der Waals surface area contributed by atoms with Crippen molar-refractivity contribution in [3.8, 4) is 0 Å². The molecule has 0 aliphatic heterocycles. The SMILES string of the molecule is CCCCCCCCCCCCC[CH]C[O]. The van der Waals surface area contributed by atoms with Gasteiger partial charge in [0.15, 0.2) is 0 Å². The van der Waals surface area contributed by atoms with E-state index >= 15 is 0 Å². The maximum Gasteiger partial charge on any atom is 0.0854 e. The number of unbranched alkanes of at least 4 members (excludes halogenated alkanes) is 12. The molecule has 0 bridgehead atoms. The summed E-state index contributed by atoms with van der Waals surface area (Å²) in [5.41, 5.74) is 0. The molecule has 16 heavy (non-hydrogen) atoms. The third-order valence-corrected chi connectivity index (χ3v) is 3.13. The predicted octanol–water partition coefficient (Wildman–Crippen LogP) is 5.32.